The first kappa shape index (κ1) is 35.3. The lowest BCUT2D eigenvalue weighted by molar-refractivity contribution is -0.143. The van der Waals surface area contributed by atoms with Gasteiger partial charge in [0.15, 0.2) is 9.75 Å². The number of likely N-dealkylation sites (tertiary alicyclic amines) is 1. The molecule has 0 spiro atoms. The average molecular weight is 800 g/mol. The zero-order valence-electron chi connectivity index (χ0n) is 25.1. The smallest absolute Gasteiger partial charge is 0.416 e. The number of phenolic OH excluding ortho intramolecular Hbond substituents is 1. The number of aromatic hydroxyl groups is 1. The average Bonchev–Trinajstić information content (AvgIpc) is 3.37. The van der Waals surface area contributed by atoms with Crippen LogP contribution in [0.2, 0.25) is 0 Å². The van der Waals surface area contributed by atoms with Crippen molar-refractivity contribution in [1.29, 1.82) is 0 Å². The van der Waals surface area contributed by atoms with E-state index in [1.165, 1.54) is 32.4 Å². The monoisotopic (exact) mass is 798 g/mol. The molecule has 2 aliphatic carbocycles. The zero-order chi connectivity index (χ0) is 36.2. The number of anilines is 1. The number of alkyl halides is 9. The van der Waals surface area contributed by atoms with Gasteiger partial charge in [0.2, 0.25) is 11.8 Å². The number of carbonyl (C=O) groups is 4. The number of fused-ring (bicyclic) bond motifs is 4. The molecule has 2 aliphatic heterocycles. The third kappa shape index (κ3) is 4.94. The van der Waals surface area contributed by atoms with Crippen LogP contribution in [0.1, 0.15) is 35.4 Å². The second-order valence-corrected chi connectivity index (χ2v) is 13.8. The minimum absolute atomic E-state index is 0.0520. The molecule has 6 unspecified atom stereocenters. The van der Waals surface area contributed by atoms with Gasteiger partial charge in [-0.3, -0.25) is 24.1 Å². The van der Waals surface area contributed by atoms with Gasteiger partial charge >= 0.3 is 12.4 Å². The molecule has 2 saturated heterocycles. The van der Waals surface area contributed by atoms with Crippen LogP contribution in [0.4, 0.5) is 32.0 Å². The highest BCUT2D eigenvalue weighted by Gasteiger charge is 2.77. The lowest BCUT2D eigenvalue weighted by Gasteiger charge is -2.51. The van der Waals surface area contributed by atoms with Crippen LogP contribution < -0.4 is 14.4 Å². The van der Waals surface area contributed by atoms with Gasteiger partial charge in [-0.2, -0.15) is 26.3 Å². The Bertz CT molecular complexity index is 1800. The van der Waals surface area contributed by atoms with Crippen molar-refractivity contribution in [2.75, 3.05) is 24.6 Å². The van der Waals surface area contributed by atoms with Crippen molar-refractivity contribution < 1.29 is 60.1 Å². The van der Waals surface area contributed by atoms with E-state index in [0.29, 0.717) is 4.90 Å². The highest BCUT2D eigenvalue weighted by molar-refractivity contribution is 9.09. The van der Waals surface area contributed by atoms with Crippen LogP contribution in [0.3, 0.4) is 0 Å². The van der Waals surface area contributed by atoms with Crippen LogP contribution in [0, 0.1) is 17.8 Å². The number of hydrogen-bond acceptors (Lipinski definition) is 7. The Morgan fingerprint density at radius 2 is 1.43 bits per heavy atom. The summed E-state index contributed by atoms with van der Waals surface area (Å²) in [4.78, 5) is 52.3. The van der Waals surface area contributed by atoms with Gasteiger partial charge in [0.1, 0.15) is 17.2 Å². The molecule has 49 heavy (non-hydrogen) atoms. The van der Waals surface area contributed by atoms with Crippen LogP contribution in [0.15, 0.2) is 42.0 Å². The van der Waals surface area contributed by atoms with E-state index in [1.54, 1.807) is 0 Å². The van der Waals surface area contributed by atoms with E-state index in [1.807, 2.05) is 0 Å². The predicted octanol–water partition coefficient (Wildman–Crippen LogP) is 6.36. The van der Waals surface area contributed by atoms with Crippen LogP contribution in [-0.2, 0) is 31.5 Å². The zero-order valence-corrected chi connectivity index (χ0v) is 28.2. The number of amides is 4. The van der Waals surface area contributed by atoms with Gasteiger partial charge in [0.05, 0.1) is 48.3 Å². The van der Waals surface area contributed by atoms with Crippen molar-refractivity contribution in [1.82, 2.24) is 4.90 Å². The number of benzene rings is 2. The predicted molar refractivity (Wildman–Crippen MR) is 163 cm³/mol. The second kappa shape index (κ2) is 11.5. The van der Waals surface area contributed by atoms with Crippen molar-refractivity contribution >= 4 is 68.4 Å². The lowest BCUT2D eigenvalue weighted by Crippen LogP contribution is -2.60. The van der Waals surface area contributed by atoms with Crippen molar-refractivity contribution in [2.45, 2.75) is 40.9 Å². The fourth-order valence-electron chi connectivity index (χ4n) is 7.60. The van der Waals surface area contributed by atoms with Crippen LogP contribution in [0.5, 0.6) is 17.2 Å². The summed E-state index contributed by atoms with van der Waals surface area (Å²) in [5.41, 5.74) is -4.44. The molecular weight excluding hydrogens is 777 g/mol. The molecule has 0 radical (unpaired) electrons. The van der Waals surface area contributed by atoms with Gasteiger partial charge in [0, 0.05) is 23.6 Å². The minimum Gasteiger partial charge on any atom is -0.508 e. The Labute approximate surface area is 291 Å². The largest absolute Gasteiger partial charge is 0.508 e. The summed E-state index contributed by atoms with van der Waals surface area (Å²) in [5.74, 6) is -9.80. The molecule has 2 heterocycles. The summed E-state index contributed by atoms with van der Waals surface area (Å²) in [5, 5.41) is 10.4. The number of ether oxygens (including phenoxy) is 2. The summed E-state index contributed by atoms with van der Waals surface area (Å²) < 4.78 is 93.4. The maximum Gasteiger partial charge on any atom is 0.416 e. The quantitative estimate of drug-likeness (QED) is 0.123. The molecule has 2 aromatic carbocycles. The Morgan fingerprint density at radius 1 is 0.878 bits per heavy atom. The fraction of sp³-hybridized carbons (Fsp3) is 0.419. The second-order valence-electron chi connectivity index (χ2n) is 12.0. The van der Waals surface area contributed by atoms with Crippen LogP contribution in [0.25, 0.3) is 0 Å². The highest BCUT2D eigenvalue weighted by atomic mass is 79.9. The van der Waals surface area contributed by atoms with Crippen molar-refractivity contribution in [3.63, 3.8) is 0 Å². The van der Waals surface area contributed by atoms with Crippen molar-refractivity contribution in [3.05, 3.63) is 58.7 Å². The number of carbonyl (C=O) groups excluding carboxylic acids is 4. The van der Waals surface area contributed by atoms with Gasteiger partial charge in [-0.15, -0.1) is 23.2 Å². The Balaban J connectivity index is 1.55. The van der Waals surface area contributed by atoms with E-state index in [0.717, 1.165) is 4.90 Å². The molecule has 4 amide bonds. The van der Waals surface area contributed by atoms with E-state index in [2.05, 4.69) is 15.9 Å². The number of phenols is 1. The Morgan fingerprint density at radius 3 is 1.92 bits per heavy atom. The first-order valence-electron chi connectivity index (χ1n) is 14.4. The van der Waals surface area contributed by atoms with Gasteiger partial charge in [-0.05, 0) is 37.0 Å². The lowest BCUT2D eigenvalue weighted by atomic mass is 9.56. The van der Waals surface area contributed by atoms with Gasteiger partial charge < -0.3 is 14.6 Å². The number of hydrogen-bond donors (Lipinski definition) is 1. The van der Waals surface area contributed by atoms with Gasteiger partial charge in [0.25, 0.3) is 11.8 Å². The number of rotatable bonds is 5. The van der Waals surface area contributed by atoms with E-state index >= 15 is 0 Å². The molecule has 18 heteroatoms. The first-order valence-corrected chi connectivity index (χ1v) is 16.3. The van der Waals surface area contributed by atoms with E-state index < -0.39 is 92.6 Å². The summed E-state index contributed by atoms with van der Waals surface area (Å²) in [6.07, 6.45) is -9.77. The molecule has 3 fully saturated rings. The topological polar surface area (TPSA) is 113 Å². The molecule has 1 N–H and O–H groups in total. The molecule has 6 atom stereocenters. The van der Waals surface area contributed by atoms with Gasteiger partial charge in [-0.25, -0.2) is 4.90 Å². The normalized spacial score (nSPS) is 29.9. The standard InChI is InChI=1S/C31H23BrCl2F6N2O7/c1-48-19-8-15(43)9-20(49-2)22(19)23-16-3-4-17-21(18(16)10-28(33)26(46)41(11-32)27(47)29(23,28)34)25(45)42(24(17)44)14-6-12(30(35,36)37)5-13(7-14)31(38,39)40/h3,5-9,17-18,21,23,43H,4,10-11H2,1-2H3. The Kier molecular flexibility index (Phi) is 8.31. The van der Waals surface area contributed by atoms with Crippen molar-refractivity contribution in [2.24, 2.45) is 17.8 Å². The highest BCUT2D eigenvalue weighted by Crippen LogP contribution is 2.67. The van der Waals surface area contributed by atoms with E-state index in [4.69, 9.17) is 32.7 Å². The number of methoxy groups -OCH3 is 2. The number of halogens is 9. The molecular formula is C31H23BrCl2F6N2O7. The van der Waals surface area contributed by atoms with Crippen LogP contribution in [-0.4, -0.2) is 63.1 Å². The molecule has 4 aliphatic rings. The van der Waals surface area contributed by atoms with Crippen LogP contribution >= 0.6 is 39.1 Å². The molecule has 1 saturated carbocycles. The first-order chi connectivity index (χ1) is 22.8. The van der Waals surface area contributed by atoms with E-state index in [-0.39, 0.29) is 58.5 Å². The molecule has 0 aromatic heterocycles. The molecule has 262 valence electrons. The SMILES string of the molecule is COc1cc(O)cc(OC)c1C1C2=CCC3C(=O)N(c4cc(C(F)(F)F)cc(C(F)(F)F)c4)C(=O)C3C2CC2(Cl)C(=O)N(CBr)C(=O)C12Cl. The van der Waals surface area contributed by atoms with Gasteiger partial charge in [-0.1, -0.05) is 27.6 Å². The fourth-order valence-corrected chi connectivity index (χ4v) is 9.01. The number of allylic oxidation sites excluding steroid dienone is 2. The Hall–Kier alpha value is -3.50. The van der Waals surface area contributed by atoms with E-state index in [9.17, 15) is 50.6 Å². The molecule has 2 aromatic rings. The minimum atomic E-state index is -5.26. The third-order valence-electron chi connectivity index (χ3n) is 9.66. The maximum absolute atomic E-state index is 14.2. The number of nitrogens with zero attached hydrogens (tertiary/aromatic N) is 2. The number of imide groups is 2. The summed E-state index contributed by atoms with van der Waals surface area (Å²) in [6, 6.07) is 2.82. The molecule has 6 rings (SSSR count). The van der Waals surface area contributed by atoms with Crippen molar-refractivity contribution in [3.8, 4) is 17.2 Å². The molecule has 0 bridgehead atoms. The summed E-state index contributed by atoms with van der Waals surface area (Å²) in [7, 11) is 2.48. The summed E-state index contributed by atoms with van der Waals surface area (Å²) in [6.45, 7) is 0. The third-order valence-corrected chi connectivity index (χ3v) is 11.6. The summed E-state index contributed by atoms with van der Waals surface area (Å²) >= 11 is 17.5. The maximum atomic E-state index is 14.2. The molecule has 9 nitrogen and oxygen atoms in total.